The molecule has 1 aromatic carbocycles. The van der Waals surface area contributed by atoms with Crippen molar-refractivity contribution >= 4 is 15.6 Å². The van der Waals surface area contributed by atoms with E-state index < -0.39 is 15.4 Å². The number of fused-ring (bicyclic) bond motifs is 1. The maximum absolute atomic E-state index is 12.8. The number of nitrogens with zero attached hydrogens (tertiary/aromatic N) is 1. The molecule has 0 amide bonds. The van der Waals surface area contributed by atoms with Crippen LogP contribution in [-0.2, 0) is 20.3 Å². The number of unbranched alkanes of at least 4 members (excludes halogenated alkanes) is 1. The summed E-state index contributed by atoms with van der Waals surface area (Å²) in [5, 5.41) is 0. The van der Waals surface area contributed by atoms with Crippen LogP contribution < -0.4 is 4.74 Å². The molecule has 0 aromatic heterocycles. The maximum Gasteiger partial charge on any atom is 0.170 e. The van der Waals surface area contributed by atoms with Crippen molar-refractivity contribution in [1.82, 2.24) is 4.90 Å². The Hall–Kier alpha value is -1.44. The first-order valence-corrected chi connectivity index (χ1v) is 12.2. The molecule has 0 saturated carbocycles. The SMILES string of the molecule is CCCCOCCN1CCC2(CC1)CC(=O)c1cc(CS(C)(=O)=O)ccc1O2. The van der Waals surface area contributed by atoms with Crippen LogP contribution in [0.3, 0.4) is 0 Å². The average molecular weight is 410 g/mol. The van der Waals surface area contributed by atoms with Crippen molar-refractivity contribution in [2.24, 2.45) is 0 Å². The quantitative estimate of drug-likeness (QED) is 0.615. The standard InChI is InChI=1S/C21H31NO5S/c1-3-4-12-26-13-11-22-9-7-21(8-10-22)15-19(23)18-14-17(16-28(2,24)25)5-6-20(18)27-21/h5-6,14H,3-4,7-13,15-16H2,1-2H3. The first-order chi connectivity index (χ1) is 13.3. The number of likely N-dealkylation sites (tertiary alicyclic amines) is 1. The van der Waals surface area contributed by atoms with Crippen molar-refractivity contribution in [2.45, 2.75) is 50.4 Å². The Balaban J connectivity index is 1.58. The predicted octanol–water partition coefficient (Wildman–Crippen LogP) is 2.85. The van der Waals surface area contributed by atoms with Gasteiger partial charge in [-0.1, -0.05) is 19.4 Å². The number of sulfone groups is 1. The number of ketones is 1. The minimum atomic E-state index is -3.14. The van der Waals surface area contributed by atoms with Crippen molar-refractivity contribution in [1.29, 1.82) is 0 Å². The largest absolute Gasteiger partial charge is 0.486 e. The number of piperidine rings is 1. The molecule has 1 aromatic rings. The summed E-state index contributed by atoms with van der Waals surface area (Å²) in [7, 11) is -3.14. The molecule has 0 N–H and O–H groups in total. The summed E-state index contributed by atoms with van der Waals surface area (Å²) in [4.78, 5) is 15.1. The summed E-state index contributed by atoms with van der Waals surface area (Å²) in [5.41, 5.74) is 0.715. The number of rotatable bonds is 8. The lowest BCUT2D eigenvalue weighted by molar-refractivity contribution is -0.0150. The van der Waals surface area contributed by atoms with Crippen molar-refractivity contribution in [3.05, 3.63) is 29.3 Å². The molecule has 1 spiro atoms. The van der Waals surface area contributed by atoms with Gasteiger partial charge in [-0.15, -0.1) is 0 Å². The molecule has 28 heavy (non-hydrogen) atoms. The van der Waals surface area contributed by atoms with Gasteiger partial charge in [0.2, 0.25) is 0 Å². The van der Waals surface area contributed by atoms with Gasteiger partial charge in [0.1, 0.15) is 11.4 Å². The number of hydrogen-bond donors (Lipinski definition) is 0. The molecule has 1 saturated heterocycles. The lowest BCUT2D eigenvalue weighted by Crippen LogP contribution is -2.51. The van der Waals surface area contributed by atoms with Crippen molar-refractivity contribution in [3.8, 4) is 5.75 Å². The Kier molecular flexibility index (Phi) is 6.78. The van der Waals surface area contributed by atoms with E-state index in [2.05, 4.69) is 11.8 Å². The molecule has 2 aliphatic rings. The van der Waals surface area contributed by atoms with Crippen molar-refractivity contribution in [3.63, 3.8) is 0 Å². The zero-order valence-corrected chi connectivity index (χ0v) is 17.7. The Morgan fingerprint density at radius 3 is 2.64 bits per heavy atom. The van der Waals surface area contributed by atoms with Gasteiger partial charge in [0.25, 0.3) is 0 Å². The summed E-state index contributed by atoms with van der Waals surface area (Å²) < 4.78 is 35.0. The van der Waals surface area contributed by atoms with E-state index in [0.717, 1.165) is 58.5 Å². The fourth-order valence-electron chi connectivity index (χ4n) is 3.94. The third kappa shape index (κ3) is 5.55. The second kappa shape index (κ2) is 8.93. The van der Waals surface area contributed by atoms with Gasteiger partial charge in [-0.05, 0) is 24.1 Å². The highest BCUT2D eigenvalue weighted by Gasteiger charge is 2.42. The molecule has 6 nitrogen and oxygen atoms in total. The monoisotopic (exact) mass is 409 g/mol. The zero-order chi connectivity index (χ0) is 20.2. The van der Waals surface area contributed by atoms with Crippen LogP contribution >= 0.6 is 0 Å². The average Bonchev–Trinajstić information content (AvgIpc) is 2.63. The predicted molar refractivity (Wildman–Crippen MR) is 109 cm³/mol. The number of ether oxygens (including phenoxy) is 2. The van der Waals surface area contributed by atoms with Gasteiger partial charge < -0.3 is 14.4 Å². The van der Waals surface area contributed by atoms with Gasteiger partial charge in [0.05, 0.1) is 24.3 Å². The third-order valence-corrected chi connectivity index (χ3v) is 6.40. The van der Waals surface area contributed by atoms with Gasteiger partial charge in [0, 0.05) is 45.3 Å². The topological polar surface area (TPSA) is 72.9 Å². The number of carbonyl (C=O) groups excluding carboxylic acids is 1. The Labute approximate surface area is 168 Å². The Morgan fingerprint density at radius 1 is 1.21 bits per heavy atom. The van der Waals surface area contributed by atoms with E-state index in [9.17, 15) is 13.2 Å². The smallest absolute Gasteiger partial charge is 0.170 e. The molecule has 0 unspecified atom stereocenters. The molecule has 0 atom stereocenters. The second-order valence-electron chi connectivity index (χ2n) is 8.09. The minimum absolute atomic E-state index is 0.0490. The summed E-state index contributed by atoms with van der Waals surface area (Å²) in [6.07, 6.45) is 5.45. The van der Waals surface area contributed by atoms with Crippen molar-refractivity contribution in [2.75, 3.05) is 39.1 Å². The van der Waals surface area contributed by atoms with Gasteiger partial charge in [-0.3, -0.25) is 4.79 Å². The van der Waals surface area contributed by atoms with E-state index in [-0.39, 0.29) is 11.5 Å². The van der Waals surface area contributed by atoms with Gasteiger partial charge in [0.15, 0.2) is 15.6 Å². The van der Waals surface area contributed by atoms with Crippen LogP contribution in [0.2, 0.25) is 0 Å². The Morgan fingerprint density at radius 2 is 1.96 bits per heavy atom. The lowest BCUT2D eigenvalue weighted by atomic mass is 9.82. The number of Topliss-reactive ketones (excluding diaryl/α,β-unsaturated/α-hetero) is 1. The Bertz CT molecular complexity index is 797. The normalized spacial score (nSPS) is 19.4. The van der Waals surface area contributed by atoms with Crippen LogP contribution in [0.15, 0.2) is 18.2 Å². The maximum atomic E-state index is 12.8. The molecule has 2 aliphatic heterocycles. The summed E-state index contributed by atoms with van der Waals surface area (Å²) in [5.74, 6) is 0.575. The fraction of sp³-hybridized carbons (Fsp3) is 0.667. The summed E-state index contributed by atoms with van der Waals surface area (Å²) in [6.45, 7) is 6.43. The van der Waals surface area contributed by atoms with Crippen LogP contribution in [0, 0.1) is 0 Å². The van der Waals surface area contributed by atoms with Crippen LogP contribution in [0.25, 0.3) is 0 Å². The lowest BCUT2D eigenvalue weighted by Gasteiger charge is -2.44. The first-order valence-electron chi connectivity index (χ1n) is 10.1. The fourth-order valence-corrected chi connectivity index (χ4v) is 4.72. The van der Waals surface area contributed by atoms with E-state index in [1.54, 1.807) is 18.2 Å². The van der Waals surface area contributed by atoms with Crippen LogP contribution in [0.4, 0.5) is 0 Å². The summed E-state index contributed by atoms with van der Waals surface area (Å²) in [6, 6.07) is 5.17. The highest BCUT2D eigenvalue weighted by Crippen LogP contribution is 2.39. The summed E-state index contributed by atoms with van der Waals surface area (Å²) >= 11 is 0. The van der Waals surface area contributed by atoms with Gasteiger partial charge in [-0.25, -0.2) is 8.42 Å². The van der Waals surface area contributed by atoms with E-state index in [4.69, 9.17) is 9.47 Å². The highest BCUT2D eigenvalue weighted by molar-refractivity contribution is 7.89. The first kappa shape index (κ1) is 21.3. The molecular formula is C21H31NO5S. The van der Waals surface area contributed by atoms with E-state index in [1.807, 2.05) is 0 Å². The van der Waals surface area contributed by atoms with Crippen LogP contribution in [0.5, 0.6) is 5.75 Å². The molecule has 3 rings (SSSR count). The van der Waals surface area contributed by atoms with Gasteiger partial charge in [-0.2, -0.15) is 0 Å². The molecule has 2 heterocycles. The number of benzene rings is 1. The molecular weight excluding hydrogens is 378 g/mol. The van der Waals surface area contributed by atoms with E-state index >= 15 is 0 Å². The van der Waals surface area contributed by atoms with Crippen molar-refractivity contribution < 1.29 is 22.7 Å². The zero-order valence-electron chi connectivity index (χ0n) is 16.9. The van der Waals surface area contributed by atoms with E-state index in [0.29, 0.717) is 23.3 Å². The number of carbonyl (C=O) groups is 1. The number of hydrogen-bond acceptors (Lipinski definition) is 6. The highest BCUT2D eigenvalue weighted by atomic mass is 32.2. The molecule has 1 fully saturated rings. The van der Waals surface area contributed by atoms with Crippen LogP contribution in [-0.4, -0.2) is 63.8 Å². The second-order valence-corrected chi connectivity index (χ2v) is 10.2. The van der Waals surface area contributed by atoms with E-state index in [1.165, 1.54) is 6.26 Å². The van der Waals surface area contributed by atoms with Gasteiger partial charge >= 0.3 is 0 Å². The molecule has 0 bridgehead atoms. The molecule has 156 valence electrons. The third-order valence-electron chi connectivity index (χ3n) is 5.54. The molecule has 0 radical (unpaired) electrons. The molecule has 7 heteroatoms. The molecule has 0 aliphatic carbocycles. The van der Waals surface area contributed by atoms with Crippen LogP contribution in [0.1, 0.15) is 54.9 Å². The minimum Gasteiger partial charge on any atom is -0.486 e.